The van der Waals surface area contributed by atoms with Crippen molar-refractivity contribution >= 4 is 17.1 Å². The first-order valence-corrected chi connectivity index (χ1v) is 20.4. The second-order valence-electron chi connectivity index (χ2n) is 17.2. The molecule has 0 aliphatic heterocycles. The van der Waals surface area contributed by atoms with Gasteiger partial charge < -0.3 is 4.90 Å². The minimum atomic E-state index is -0.0749. The van der Waals surface area contributed by atoms with E-state index in [1.54, 1.807) is 0 Å². The Kier molecular flexibility index (Phi) is 7.97. The van der Waals surface area contributed by atoms with Crippen molar-refractivity contribution in [2.24, 2.45) is 11.8 Å². The van der Waals surface area contributed by atoms with Crippen molar-refractivity contribution in [1.82, 2.24) is 0 Å². The molecule has 3 saturated carbocycles. The summed E-state index contributed by atoms with van der Waals surface area (Å²) in [6, 6.07) is 55.8. The Bertz CT molecular complexity index is 2240. The minimum absolute atomic E-state index is 0.0749. The first-order valence-electron chi connectivity index (χ1n) is 20.4. The normalized spacial score (nSPS) is 22.0. The molecule has 4 aliphatic carbocycles. The Labute approximate surface area is 316 Å². The van der Waals surface area contributed by atoms with Crippen LogP contribution in [-0.4, -0.2) is 0 Å². The average molecular weight is 690 g/mol. The number of rotatable bonds is 7. The summed E-state index contributed by atoms with van der Waals surface area (Å²) in [5.74, 6) is 2.56. The summed E-state index contributed by atoms with van der Waals surface area (Å²) in [5, 5.41) is 0. The fourth-order valence-electron chi connectivity index (χ4n) is 11.3. The lowest BCUT2D eigenvalue weighted by molar-refractivity contribution is 0.346. The molecule has 10 rings (SSSR count). The van der Waals surface area contributed by atoms with Crippen LogP contribution in [-0.2, 0) is 10.8 Å². The standard InChI is InChI=1S/C52H51N/c1-51(2)48-30-29-44(35-47(48)50-45(17-12-18-49(50)51)37-13-6-3-7-14-37)53(42-25-21-38(22-26-42)46-34-36-19-20-39(46)33-36)43-27-23-41(24-28-43)52(31-10-5-11-32-52)40-15-8-4-9-16-40/h3-4,6-9,12-18,21-30,35-36,39,46H,5,10-11,19-20,31-34H2,1-2H3. The maximum absolute atomic E-state index is 2.51. The first kappa shape index (κ1) is 32.7. The Balaban J connectivity index is 1.10. The van der Waals surface area contributed by atoms with E-state index >= 15 is 0 Å². The van der Waals surface area contributed by atoms with Gasteiger partial charge in [0.25, 0.3) is 0 Å². The molecule has 0 heterocycles. The number of anilines is 3. The lowest BCUT2D eigenvalue weighted by Crippen LogP contribution is -2.30. The number of fused-ring (bicyclic) bond motifs is 5. The van der Waals surface area contributed by atoms with Crippen LogP contribution < -0.4 is 4.90 Å². The molecule has 1 heteroatoms. The molecule has 6 aromatic carbocycles. The van der Waals surface area contributed by atoms with Crippen molar-refractivity contribution < 1.29 is 0 Å². The van der Waals surface area contributed by atoms with E-state index in [-0.39, 0.29) is 10.8 Å². The molecular weight excluding hydrogens is 639 g/mol. The second-order valence-corrected chi connectivity index (χ2v) is 17.2. The summed E-state index contributed by atoms with van der Waals surface area (Å²) >= 11 is 0. The SMILES string of the molecule is CC1(C)c2ccc(N(c3ccc(C4CC5CCC4C5)cc3)c3ccc(C4(c5ccccc5)CCCCC4)cc3)cc2-c2c(-c3ccccc3)cccc21. The van der Waals surface area contributed by atoms with Crippen molar-refractivity contribution in [3.63, 3.8) is 0 Å². The van der Waals surface area contributed by atoms with E-state index in [2.05, 4.69) is 164 Å². The highest BCUT2D eigenvalue weighted by Gasteiger charge is 2.41. The average Bonchev–Trinajstić information content (AvgIpc) is 3.92. The largest absolute Gasteiger partial charge is 0.310 e. The van der Waals surface area contributed by atoms with Gasteiger partial charge in [-0.05, 0) is 136 Å². The molecule has 0 spiro atoms. The smallest absolute Gasteiger partial charge is 0.0468 e. The van der Waals surface area contributed by atoms with Gasteiger partial charge in [0, 0.05) is 27.9 Å². The number of hydrogen-bond acceptors (Lipinski definition) is 1. The first-order chi connectivity index (χ1) is 26.0. The third kappa shape index (κ3) is 5.41. The summed E-state index contributed by atoms with van der Waals surface area (Å²) in [7, 11) is 0. The van der Waals surface area contributed by atoms with Gasteiger partial charge in [-0.1, -0.05) is 149 Å². The van der Waals surface area contributed by atoms with Gasteiger partial charge in [-0.3, -0.25) is 0 Å². The van der Waals surface area contributed by atoms with E-state index in [0.717, 1.165) is 17.8 Å². The van der Waals surface area contributed by atoms with Gasteiger partial charge in [-0.15, -0.1) is 0 Å². The molecule has 3 atom stereocenters. The number of benzene rings is 6. The van der Waals surface area contributed by atoms with Crippen molar-refractivity contribution in [2.75, 3.05) is 4.90 Å². The molecule has 2 bridgehead atoms. The summed E-state index contributed by atoms with van der Waals surface area (Å²) < 4.78 is 0. The molecule has 0 N–H and O–H groups in total. The number of hydrogen-bond donors (Lipinski definition) is 0. The van der Waals surface area contributed by atoms with E-state index in [4.69, 9.17) is 0 Å². The molecule has 1 nitrogen and oxygen atoms in total. The molecule has 3 fully saturated rings. The van der Waals surface area contributed by atoms with E-state index in [0.29, 0.717) is 0 Å². The topological polar surface area (TPSA) is 3.24 Å². The Morgan fingerprint density at radius 1 is 0.528 bits per heavy atom. The highest BCUT2D eigenvalue weighted by Crippen LogP contribution is 2.55. The molecule has 6 aromatic rings. The quantitative estimate of drug-likeness (QED) is 0.161. The van der Waals surface area contributed by atoms with Gasteiger partial charge in [0.1, 0.15) is 0 Å². The van der Waals surface area contributed by atoms with Crippen LogP contribution in [0.3, 0.4) is 0 Å². The highest BCUT2D eigenvalue weighted by molar-refractivity contribution is 5.94. The van der Waals surface area contributed by atoms with Crippen molar-refractivity contribution in [1.29, 1.82) is 0 Å². The molecule has 0 aromatic heterocycles. The Hall–Kier alpha value is -4.88. The van der Waals surface area contributed by atoms with Crippen LogP contribution >= 0.6 is 0 Å². The van der Waals surface area contributed by atoms with Gasteiger partial charge in [0.05, 0.1) is 0 Å². The van der Waals surface area contributed by atoms with Crippen LogP contribution in [0.25, 0.3) is 22.3 Å². The fourth-order valence-corrected chi connectivity index (χ4v) is 11.3. The van der Waals surface area contributed by atoms with Gasteiger partial charge in [-0.25, -0.2) is 0 Å². The zero-order chi connectivity index (χ0) is 35.6. The molecule has 264 valence electrons. The minimum Gasteiger partial charge on any atom is -0.310 e. The van der Waals surface area contributed by atoms with Crippen LogP contribution in [0, 0.1) is 11.8 Å². The zero-order valence-electron chi connectivity index (χ0n) is 31.4. The Morgan fingerprint density at radius 2 is 1.19 bits per heavy atom. The monoisotopic (exact) mass is 689 g/mol. The third-order valence-electron chi connectivity index (χ3n) is 14.1. The van der Waals surface area contributed by atoms with Crippen LogP contribution in [0.2, 0.25) is 0 Å². The van der Waals surface area contributed by atoms with E-state index < -0.39 is 0 Å². The predicted octanol–water partition coefficient (Wildman–Crippen LogP) is 14.3. The second kappa shape index (κ2) is 12.9. The summed E-state index contributed by atoms with van der Waals surface area (Å²) in [5.41, 5.74) is 16.3. The van der Waals surface area contributed by atoms with E-state index in [1.807, 2.05) is 0 Å². The molecule has 0 radical (unpaired) electrons. The maximum Gasteiger partial charge on any atom is 0.0468 e. The van der Waals surface area contributed by atoms with Gasteiger partial charge in [0.15, 0.2) is 0 Å². The zero-order valence-corrected chi connectivity index (χ0v) is 31.4. The van der Waals surface area contributed by atoms with Crippen LogP contribution in [0.4, 0.5) is 17.1 Å². The van der Waals surface area contributed by atoms with E-state index in [1.165, 1.54) is 125 Å². The van der Waals surface area contributed by atoms with Gasteiger partial charge in [0.2, 0.25) is 0 Å². The molecule has 4 aliphatic rings. The Morgan fingerprint density at radius 3 is 1.87 bits per heavy atom. The molecule has 0 saturated heterocycles. The maximum atomic E-state index is 2.51. The summed E-state index contributed by atoms with van der Waals surface area (Å²) in [6.07, 6.45) is 12.0. The van der Waals surface area contributed by atoms with Crippen LogP contribution in [0.5, 0.6) is 0 Å². The third-order valence-corrected chi connectivity index (χ3v) is 14.1. The van der Waals surface area contributed by atoms with Crippen molar-refractivity contribution in [2.45, 2.75) is 88.4 Å². The summed E-state index contributed by atoms with van der Waals surface area (Å²) in [4.78, 5) is 2.51. The highest BCUT2D eigenvalue weighted by atomic mass is 15.1. The predicted molar refractivity (Wildman–Crippen MR) is 223 cm³/mol. The molecular formula is C52H51N. The lowest BCUT2D eigenvalue weighted by atomic mass is 9.65. The molecule has 0 amide bonds. The van der Waals surface area contributed by atoms with E-state index in [9.17, 15) is 0 Å². The summed E-state index contributed by atoms with van der Waals surface area (Å²) in [6.45, 7) is 4.79. The van der Waals surface area contributed by atoms with Crippen LogP contribution in [0.1, 0.15) is 105 Å². The fraction of sp³-hybridized carbons (Fsp3) is 0.308. The molecule has 53 heavy (non-hydrogen) atoms. The van der Waals surface area contributed by atoms with Gasteiger partial charge in [-0.2, -0.15) is 0 Å². The van der Waals surface area contributed by atoms with Crippen molar-refractivity contribution in [3.8, 4) is 22.3 Å². The van der Waals surface area contributed by atoms with Crippen LogP contribution in [0.15, 0.2) is 146 Å². The van der Waals surface area contributed by atoms with Gasteiger partial charge >= 0.3 is 0 Å². The van der Waals surface area contributed by atoms with Crippen molar-refractivity contribution in [3.05, 3.63) is 173 Å². The number of nitrogens with zero attached hydrogens (tertiary/aromatic N) is 1. The lowest BCUT2D eigenvalue weighted by Gasteiger charge is -2.39. The molecule has 3 unspecified atom stereocenters.